The lowest BCUT2D eigenvalue weighted by molar-refractivity contribution is -0.138. The number of aliphatic carboxylic acids is 1. The molecule has 1 saturated heterocycles. The molecule has 1 fully saturated rings. The summed E-state index contributed by atoms with van der Waals surface area (Å²) in [6.07, 6.45) is -0.345. The van der Waals surface area contributed by atoms with Crippen LogP contribution in [0.2, 0.25) is 0 Å². The number of carboxylic acid groups (broad SMARTS) is 1. The van der Waals surface area contributed by atoms with Gasteiger partial charge in [-0.3, -0.25) is 9.59 Å². The number of amides is 2. The number of carbonyl (C=O) groups is 3. The Balaban J connectivity index is 1.34. The second-order valence-electron chi connectivity index (χ2n) is 9.49. The van der Waals surface area contributed by atoms with Crippen LogP contribution in [0.1, 0.15) is 43.7 Å². The van der Waals surface area contributed by atoms with Crippen LogP contribution >= 0.6 is 0 Å². The summed E-state index contributed by atoms with van der Waals surface area (Å²) in [5, 5.41) is 14.6. The second-order valence-corrected chi connectivity index (χ2v) is 9.49. The number of nitrogens with one attached hydrogen (secondary N) is 2. The normalized spacial score (nSPS) is 19.2. The Morgan fingerprint density at radius 2 is 1.65 bits per heavy atom. The van der Waals surface area contributed by atoms with Crippen LogP contribution in [-0.4, -0.2) is 54.5 Å². The van der Waals surface area contributed by atoms with E-state index in [2.05, 4.69) is 34.9 Å². The molecule has 2 aromatic carbocycles. The van der Waals surface area contributed by atoms with Gasteiger partial charge < -0.3 is 25.2 Å². The molecule has 2 aromatic rings. The summed E-state index contributed by atoms with van der Waals surface area (Å²) in [5.74, 6) is -1.82. The highest BCUT2D eigenvalue weighted by Crippen LogP contribution is 2.44. The third-order valence-electron chi connectivity index (χ3n) is 6.49. The van der Waals surface area contributed by atoms with Crippen molar-refractivity contribution in [2.24, 2.45) is 5.92 Å². The lowest BCUT2D eigenvalue weighted by Crippen LogP contribution is -2.52. The summed E-state index contributed by atoms with van der Waals surface area (Å²) in [7, 11) is 0. The first kappa shape index (κ1) is 23.8. The quantitative estimate of drug-likeness (QED) is 0.550. The second kappa shape index (κ2) is 9.85. The Kier molecular flexibility index (Phi) is 6.88. The van der Waals surface area contributed by atoms with Gasteiger partial charge in [0, 0.05) is 17.9 Å². The average molecular weight is 467 g/mol. The number of fused-ring (bicyclic) bond motifs is 3. The average Bonchev–Trinajstić information content (AvgIpc) is 3.39. The van der Waals surface area contributed by atoms with E-state index in [4.69, 9.17) is 14.6 Å². The van der Waals surface area contributed by atoms with Gasteiger partial charge >= 0.3 is 12.1 Å². The van der Waals surface area contributed by atoms with Crippen LogP contribution in [0.4, 0.5) is 4.79 Å². The van der Waals surface area contributed by atoms with Gasteiger partial charge in [0.2, 0.25) is 5.91 Å². The molecule has 8 nitrogen and oxygen atoms in total. The van der Waals surface area contributed by atoms with Crippen LogP contribution in [0.25, 0.3) is 11.1 Å². The number of hydrogen-bond acceptors (Lipinski definition) is 5. The minimum Gasteiger partial charge on any atom is -0.481 e. The number of rotatable bonds is 8. The van der Waals surface area contributed by atoms with Crippen molar-refractivity contribution in [1.29, 1.82) is 0 Å². The molecule has 0 bridgehead atoms. The van der Waals surface area contributed by atoms with Crippen molar-refractivity contribution < 1.29 is 29.0 Å². The highest BCUT2D eigenvalue weighted by Gasteiger charge is 2.38. The molecule has 0 saturated carbocycles. The van der Waals surface area contributed by atoms with Gasteiger partial charge in [0.25, 0.3) is 0 Å². The fraction of sp³-hybridized carbons (Fsp3) is 0.423. The fourth-order valence-electron chi connectivity index (χ4n) is 4.65. The minimum absolute atomic E-state index is 0.0458. The highest BCUT2D eigenvalue weighted by molar-refractivity contribution is 5.82. The van der Waals surface area contributed by atoms with Crippen molar-refractivity contribution in [1.82, 2.24) is 10.6 Å². The van der Waals surface area contributed by atoms with Gasteiger partial charge in [-0.15, -0.1) is 0 Å². The maximum atomic E-state index is 12.8. The third-order valence-corrected chi connectivity index (χ3v) is 6.49. The molecular weight excluding hydrogens is 436 g/mol. The molecule has 1 aliphatic carbocycles. The molecule has 3 N–H and O–H groups in total. The van der Waals surface area contributed by atoms with E-state index < -0.39 is 29.6 Å². The Morgan fingerprint density at radius 3 is 2.26 bits per heavy atom. The molecule has 1 heterocycles. The van der Waals surface area contributed by atoms with Crippen LogP contribution in [0, 0.1) is 5.92 Å². The fourth-order valence-corrected chi connectivity index (χ4v) is 4.65. The molecule has 0 radical (unpaired) electrons. The van der Waals surface area contributed by atoms with Gasteiger partial charge in [-0.25, -0.2) is 4.79 Å². The van der Waals surface area contributed by atoms with Crippen molar-refractivity contribution in [2.75, 3.05) is 19.8 Å². The zero-order chi connectivity index (χ0) is 24.3. The van der Waals surface area contributed by atoms with Crippen LogP contribution < -0.4 is 10.6 Å². The summed E-state index contributed by atoms with van der Waals surface area (Å²) in [5.41, 5.74) is 3.87. The summed E-state index contributed by atoms with van der Waals surface area (Å²) in [4.78, 5) is 36.3. The van der Waals surface area contributed by atoms with Crippen molar-refractivity contribution >= 4 is 18.0 Å². The first-order valence-corrected chi connectivity index (χ1v) is 11.5. The topological polar surface area (TPSA) is 114 Å². The number of carbonyl (C=O) groups excluding carboxylic acids is 2. The summed E-state index contributed by atoms with van der Waals surface area (Å²) in [6.45, 7) is 4.12. The third kappa shape index (κ3) is 5.22. The van der Waals surface area contributed by atoms with E-state index in [0.717, 1.165) is 22.3 Å². The van der Waals surface area contributed by atoms with Crippen LogP contribution in [-0.2, 0) is 19.1 Å². The molecule has 2 unspecified atom stereocenters. The molecule has 1 aliphatic heterocycles. The van der Waals surface area contributed by atoms with Crippen LogP contribution in [0.3, 0.4) is 0 Å². The summed E-state index contributed by atoms with van der Waals surface area (Å²) < 4.78 is 11.0. The lowest BCUT2D eigenvalue weighted by Gasteiger charge is -2.28. The van der Waals surface area contributed by atoms with Gasteiger partial charge in [0.05, 0.1) is 25.2 Å². The Morgan fingerprint density at radius 1 is 1.03 bits per heavy atom. The number of carboxylic acids is 1. The van der Waals surface area contributed by atoms with E-state index >= 15 is 0 Å². The van der Waals surface area contributed by atoms with Crippen LogP contribution in [0.15, 0.2) is 48.5 Å². The van der Waals surface area contributed by atoms with Crippen molar-refractivity contribution in [2.45, 2.75) is 44.2 Å². The highest BCUT2D eigenvalue weighted by atomic mass is 16.5. The van der Waals surface area contributed by atoms with Crippen molar-refractivity contribution in [3.63, 3.8) is 0 Å². The van der Waals surface area contributed by atoms with Gasteiger partial charge in [-0.05, 0) is 42.5 Å². The Labute approximate surface area is 198 Å². The maximum absolute atomic E-state index is 12.8. The molecule has 2 atom stereocenters. The Bertz CT molecular complexity index is 1040. The predicted molar refractivity (Wildman–Crippen MR) is 125 cm³/mol. The van der Waals surface area contributed by atoms with Gasteiger partial charge in [0.15, 0.2) is 0 Å². The van der Waals surface area contributed by atoms with Crippen molar-refractivity contribution in [3.8, 4) is 11.1 Å². The smallest absolute Gasteiger partial charge is 0.407 e. The number of hydrogen-bond donors (Lipinski definition) is 3. The van der Waals surface area contributed by atoms with E-state index in [1.54, 1.807) is 13.8 Å². The molecule has 0 aromatic heterocycles. The monoisotopic (exact) mass is 466 g/mol. The van der Waals surface area contributed by atoms with Gasteiger partial charge in [-0.1, -0.05) is 48.5 Å². The van der Waals surface area contributed by atoms with E-state index in [9.17, 15) is 14.4 Å². The Hall–Kier alpha value is -3.39. The lowest BCUT2D eigenvalue weighted by atomic mass is 9.95. The van der Waals surface area contributed by atoms with Crippen molar-refractivity contribution in [3.05, 3.63) is 59.7 Å². The number of benzene rings is 2. The molecule has 180 valence electrons. The van der Waals surface area contributed by atoms with Crippen LogP contribution in [0.5, 0.6) is 0 Å². The molecule has 2 amide bonds. The zero-order valence-corrected chi connectivity index (χ0v) is 19.4. The number of ether oxygens (including phenoxy) is 2. The van der Waals surface area contributed by atoms with Gasteiger partial charge in [0.1, 0.15) is 6.61 Å². The summed E-state index contributed by atoms with van der Waals surface area (Å²) in [6, 6.07) is 15.7. The zero-order valence-electron chi connectivity index (χ0n) is 19.4. The standard InChI is InChI=1S/C26H30N2O6/c1-26(2,12-11-23(29)30)28-24(31)21-13-33-15-22(21)27-25(32)34-14-20-18-9-5-3-7-16(18)17-8-4-6-10-19(17)20/h3-10,20-22H,11-15H2,1-2H3,(H,27,32)(H,28,31)(H,29,30). The molecule has 0 spiro atoms. The molecular formula is C26H30N2O6. The number of alkyl carbamates (subject to hydrolysis) is 1. The SMILES string of the molecule is CC(C)(CCC(=O)O)NC(=O)C1COCC1NC(=O)OCC1c2ccccc2-c2ccccc21. The first-order valence-electron chi connectivity index (χ1n) is 11.5. The molecule has 4 rings (SSSR count). The summed E-state index contributed by atoms with van der Waals surface area (Å²) >= 11 is 0. The first-order chi connectivity index (χ1) is 16.2. The van der Waals surface area contributed by atoms with Gasteiger partial charge in [-0.2, -0.15) is 0 Å². The molecule has 8 heteroatoms. The van der Waals surface area contributed by atoms with E-state index in [1.165, 1.54) is 0 Å². The molecule has 34 heavy (non-hydrogen) atoms. The largest absolute Gasteiger partial charge is 0.481 e. The molecule has 2 aliphatic rings. The van der Waals surface area contributed by atoms with E-state index in [-0.39, 0.29) is 38.1 Å². The van der Waals surface area contributed by atoms with E-state index in [0.29, 0.717) is 6.42 Å². The maximum Gasteiger partial charge on any atom is 0.407 e. The van der Waals surface area contributed by atoms with E-state index in [1.807, 2.05) is 24.3 Å². The minimum atomic E-state index is -0.915. The predicted octanol–water partition coefficient (Wildman–Crippen LogP) is 3.30.